The van der Waals surface area contributed by atoms with Crippen LogP contribution in [-0.2, 0) is 16.6 Å². The number of aliphatic imine (C=N–C) groups is 1. The molecule has 0 atom stereocenters. The fraction of sp³-hybridized carbons (Fsp3) is 0.300. The number of hydrogen-bond acceptors (Lipinski definition) is 4. The van der Waals surface area contributed by atoms with Gasteiger partial charge in [-0.15, -0.1) is 0 Å². The Balaban J connectivity index is 2.54. The van der Waals surface area contributed by atoms with Crippen molar-refractivity contribution in [2.45, 2.75) is 11.4 Å². The molecule has 1 aromatic carbocycles. The third-order valence-electron chi connectivity index (χ3n) is 2.49. The zero-order valence-electron chi connectivity index (χ0n) is 9.34. The first kappa shape index (κ1) is 12.4. The third kappa shape index (κ3) is 1.93. The van der Waals surface area contributed by atoms with Crippen molar-refractivity contribution >= 4 is 27.0 Å². The zero-order chi connectivity index (χ0) is 12.6. The average molecular weight is 274 g/mol. The molecule has 17 heavy (non-hydrogen) atoms. The maximum atomic E-state index is 13.1. The van der Waals surface area contributed by atoms with Gasteiger partial charge in [-0.3, -0.25) is 4.99 Å². The Morgan fingerprint density at radius 1 is 1.53 bits per heavy atom. The Hall–Kier alpha value is -1.08. The van der Waals surface area contributed by atoms with Gasteiger partial charge in [0.15, 0.2) is 5.17 Å². The van der Waals surface area contributed by atoms with Crippen molar-refractivity contribution in [3.8, 4) is 0 Å². The number of hydrogen-bond donors (Lipinski definition) is 0. The maximum absolute atomic E-state index is 13.1. The molecule has 0 spiro atoms. The molecule has 2 rings (SSSR count). The quantitative estimate of drug-likeness (QED) is 0.534. The molecule has 0 aromatic heterocycles. The highest BCUT2D eigenvalue weighted by Gasteiger charge is 2.36. The van der Waals surface area contributed by atoms with Crippen LogP contribution < -0.4 is 0 Å². The van der Waals surface area contributed by atoms with Gasteiger partial charge in [-0.05, 0) is 30.0 Å². The van der Waals surface area contributed by atoms with Crippen LogP contribution in [0.1, 0.15) is 5.56 Å². The lowest BCUT2D eigenvalue weighted by atomic mass is 10.2. The number of rotatable bonds is 0. The van der Waals surface area contributed by atoms with E-state index in [1.807, 2.05) is 0 Å². The van der Waals surface area contributed by atoms with E-state index < -0.39 is 15.8 Å². The molecule has 0 fully saturated rings. The summed E-state index contributed by atoms with van der Waals surface area (Å²) in [7, 11) is -2.04. The zero-order valence-corrected chi connectivity index (χ0v) is 11.0. The van der Waals surface area contributed by atoms with E-state index in [4.69, 9.17) is 0 Å². The van der Waals surface area contributed by atoms with Gasteiger partial charge in [0.05, 0.1) is 11.4 Å². The van der Waals surface area contributed by atoms with Crippen LogP contribution in [0.4, 0.5) is 4.39 Å². The van der Waals surface area contributed by atoms with Crippen molar-refractivity contribution in [3.05, 3.63) is 29.6 Å². The van der Waals surface area contributed by atoms with Gasteiger partial charge in [0, 0.05) is 7.05 Å². The molecule has 92 valence electrons. The summed E-state index contributed by atoms with van der Waals surface area (Å²) in [5, 5.41) is 0.404. The normalized spacial score (nSPS) is 18.3. The highest BCUT2D eigenvalue weighted by molar-refractivity contribution is 8.14. The Labute approximate surface area is 104 Å². The van der Waals surface area contributed by atoms with Crippen LogP contribution in [0.25, 0.3) is 0 Å². The van der Waals surface area contributed by atoms with E-state index in [1.165, 1.54) is 35.2 Å². The Bertz CT molecular complexity index is 584. The van der Waals surface area contributed by atoms with Crippen LogP contribution in [0.5, 0.6) is 0 Å². The number of halogens is 1. The predicted octanol–water partition coefficient (Wildman–Crippen LogP) is 1.68. The molecule has 0 aliphatic carbocycles. The lowest BCUT2D eigenvalue weighted by molar-refractivity contribution is 0.541. The van der Waals surface area contributed by atoms with Crippen LogP contribution in [0.3, 0.4) is 0 Å². The predicted molar refractivity (Wildman–Crippen MR) is 66.0 cm³/mol. The second-order valence-corrected chi connectivity index (χ2v) is 6.08. The molecule has 0 radical (unpaired) electrons. The van der Waals surface area contributed by atoms with Gasteiger partial charge in [0.25, 0.3) is 10.0 Å². The molecule has 0 saturated carbocycles. The van der Waals surface area contributed by atoms with Crippen LogP contribution in [0.15, 0.2) is 28.1 Å². The summed E-state index contributed by atoms with van der Waals surface area (Å²) in [5.41, 5.74) is 0.472. The molecule has 0 N–H and O–H groups in total. The van der Waals surface area contributed by atoms with E-state index in [-0.39, 0.29) is 11.4 Å². The van der Waals surface area contributed by atoms with Crippen molar-refractivity contribution in [3.63, 3.8) is 0 Å². The SMILES string of the molecule is CN=C(SC)N1Cc2cc(F)ccc2S1(=O)=O. The number of sulfonamides is 1. The topological polar surface area (TPSA) is 49.7 Å². The van der Waals surface area contributed by atoms with Gasteiger partial charge in [-0.1, -0.05) is 11.8 Å². The summed E-state index contributed by atoms with van der Waals surface area (Å²) in [6, 6.07) is 3.70. The number of fused-ring (bicyclic) bond motifs is 1. The molecule has 0 unspecified atom stereocenters. The molecule has 7 heteroatoms. The molecule has 4 nitrogen and oxygen atoms in total. The van der Waals surface area contributed by atoms with Crippen molar-refractivity contribution in [1.82, 2.24) is 4.31 Å². The van der Waals surface area contributed by atoms with Gasteiger partial charge in [0.2, 0.25) is 0 Å². The molecule has 1 heterocycles. The summed E-state index contributed by atoms with van der Waals surface area (Å²) in [4.78, 5) is 4.08. The van der Waals surface area contributed by atoms with Gasteiger partial charge in [-0.25, -0.2) is 17.1 Å². The fourth-order valence-corrected chi connectivity index (χ4v) is 4.25. The highest BCUT2D eigenvalue weighted by atomic mass is 32.2. The number of nitrogens with zero attached hydrogens (tertiary/aromatic N) is 2. The highest BCUT2D eigenvalue weighted by Crippen LogP contribution is 2.32. The number of thioether (sulfide) groups is 1. The second-order valence-electron chi connectivity index (χ2n) is 3.47. The van der Waals surface area contributed by atoms with Gasteiger partial charge < -0.3 is 0 Å². The van der Waals surface area contributed by atoms with Gasteiger partial charge in [0.1, 0.15) is 5.82 Å². The number of amidine groups is 1. The summed E-state index contributed by atoms with van der Waals surface area (Å²) in [6.45, 7) is 0.142. The molecular weight excluding hydrogens is 263 g/mol. The van der Waals surface area contributed by atoms with Crippen LogP contribution in [-0.4, -0.2) is 31.2 Å². The monoisotopic (exact) mass is 274 g/mol. The van der Waals surface area contributed by atoms with E-state index in [2.05, 4.69) is 4.99 Å². The van der Waals surface area contributed by atoms with Crippen molar-refractivity contribution in [2.75, 3.05) is 13.3 Å². The molecule has 1 aliphatic rings. The molecule has 1 aliphatic heterocycles. The minimum atomic E-state index is -3.57. The first-order valence-electron chi connectivity index (χ1n) is 4.82. The van der Waals surface area contributed by atoms with Crippen molar-refractivity contribution in [1.29, 1.82) is 0 Å². The van der Waals surface area contributed by atoms with Gasteiger partial charge in [-0.2, -0.15) is 0 Å². The average Bonchev–Trinajstić information content (AvgIpc) is 2.53. The third-order valence-corrected chi connectivity index (χ3v) is 5.21. The molecule has 1 aromatic rings. The van der Waals surface area contributed by atoms with Crippen LogP contribution >= 0.6 is 11.8 Å². The standard InChI is InChI=1S/C10H11FN2O2S2/c1-12-10(16-2)13-6-7-5-8(11)3-4-9(7)17(13,14)15/h3-5H,6H2,1-2H3. The first-order valence-corrected chi connectivity index (χ1v) is 7.49. The molecule has 0 saturated heterocycles. The van der Waals surface area contributed by atoms with E-state index in [9.17, 15) is 12.8 Å². The minimum absolute atomic E-state index is 0.142. The van der Waals surface area contributed by atoms with E-state index in [1.54, 1.807) is 6.26 Å². The fourth-order valence-electron chi connectivity index (χ4n) is 1.76. The minimum Gasteiger partial charge on any atom is -0.265 e. The van der Waals surface area contributed by atoms with Crippen molar-refractivity contribution < 1.29 is 12.8 Å². The first-order chi connectivity index (χ1) is 8.00. The van der Waals surface area contributed by atoms with Crippen LogP contribution in [0, 0.1) is 5.82 Å². The molecular formula is C10H11FN2O2S2. The second kappa shape index (κ2) is 4.30. The summed E-state index contributed by atoms with van der Waals surface area (Å²) in [6.07, 6.45) is 1.75. The summed E-state index contributed by atoms with van der Waals surface area (Å²) in [5.74, 6) is -0.431. The Kier molecular flexibility index (Phi) is 3.13. The Morgan fingerprint density at radius 3 is 2.82 bits per heavy atom. The maximum Gasteiger partial charge on any atom is 0.266 e. The Morgan fingerprint density at radius 2 is 2.24 bits per heavy atom. The van der Waals surface area contributed by atoms with E-state index in [0.29, 0.717) is 10.7 Å². The summed E-state index contributed by atoms with van der Waals surface area (Å²) >= 11 is 1.25. The lowest BCUT2D eigenvalue weighted by Gasteiger charge is -2.16. The largest absolute Gasteiger partial charge is 0.266 e. The molecule has 0 bridgehead atoms. The van der Waals surface area contributed by atoms with Crippen molar-refractivity contribution in [2.24, 2.45) is 4.99 Å². The molecule has 0 amide bonds. The summed E-state index contributed by atoms with van der Waals surface area (Å²) < 4.78 is 38.6. The van der Waals surface area contributed by atoms with Gasteiger partial charge >= 0.3 is 0 Å². The lowest BCUT2D eigenvalue weighted by Crippen LogP contribution is -2.29. The van der Waals surface area contributed by atoms with E-state index in [0.717, 1.165) is 6.07 Å². The number of benzene rings is 1. The van der Waals surface area contributed by atoms with E-state index >= 15 is 0 Å². The smallest absolute Gasteiger partial charge is 0.265 e. The van der Waals surface area contributed by atoms with Crippen LogP contribution in [0.2, 0.25) is 0 Å².